The summed E-state index contributed by atoms with van der Waals surface area (Å²) in [6.07, 6.45) is 0. The van der Waals surface area contributed by atoms with Crippen molar-refractivity contribution in [3.8, 4) is 0 Å². The van der Waals surface area contributed by atoms with Crippen LogP contribution >= 0.6 is 0 Å². The molecule has 2 aromatic rings. The third kappa shape index (κ3) is 4.43. The van der Waals surface area contributed by atoms with E-state index in [2.05, 4.69) is 0 Å². The van der Waals surface area contributed by atoms with Crippen LogP contribution in [-0.4, -0.2) is 15.1 Å². The van der Waals surface area contributed by atoms with Crippen molar-refractivity contribution in [3.63, 3.8) is 0 Å². The van der Waals surface area contributed by atoms with Crippen LogP contribution in [0.3, 0.4) is 0 Å². The summed E-state index contributed by atoms with van der Waals surface area (Å²) in [5, 5.41) is 0. The zero-order valence-electron chi connectivity index (χ0n) is 12.2. The summed E-state index contributed by atoms with van der Waals surface area (Å²) in [5.41, 5.74) is 1.85. The third-order valence-corrected chi connectivity index (χ3v) is 4.85. The van der Waals surface area contributed by atoms with Crippen LogP contribution in [0.15, 0.2) is 48.5 Å². The summed E-state index contributed by atoms with van der Waals surface area (Å²) >= 11 is 0. The normalized spacial score (nSPS) is 11.4. The lowest BCUT2D eigenvalue weighted by Gasteiger charge is -2.08. The largest absolute Gasteiger partial charge is 0.228 e. The first-order valence-electron chi connectivity index (χ1n) is 6.90. The SMILES string of the molecule is CB(C)c1ccc(CS(=O)(=O)Cc2ccccc2)cc1F. The highest BCUT2D eigenvalue weighted by atomic mass is 32.2. The molecule has 0 unspecified atom stereocenters. The Morgan fingerprint density at radius 1 is 0.952 bits per heavy atom. The number of benzene rings is 2. The first-order chi connectivity index (χ1) is 9.87. The fourth-order valence-corrected chi connectivity index (χ4v) is 3.75. The first-order valence-corrected chi connectivity index (χ1v) is 8.72. The number of hydrogen-bond donors (Lipinski definition) is 0. The molecule has 0 radical (unpaired) electrons. The Kier molecular flexibility index (Phi) is 4.83. The van der Waals surface area contributed by atoms with E-state index >= 15 is 0 Å². The van der Waals surface area contributed by atoms with Gasteiger partial charge in [-0.3, -0.25) is 0 Å². The van der Waals surface area contributed by atoms with Gasteiger partial charge in [-0.05, 0) is 22.7 Å². The molecule has 0 aliphatic carbocycles. The lowest BCUT2D eigenvalue weighted by molar-refractivity contribution is 0.594. The molecule has 2 aromatic carbocycles. The van der Waals surface area contributed by atoms with Gasteiger partial charge in [-0.2, -0.15) is 0 Å². The molecule has 0 aliphatic heterocycles. The number of rotatable bonds is 5. The van der Waals surface area contributed by atoms with E-state index in [0.29, 0.717) is 11.0 Å². The lowest BCUT2D eigenvalue weighted by atomic mass is 9.49. The van der Waals surface area contributed by atoms with Gasteiger partial charge in [0.2, 0.25) is 0 Å². The van der Waals surface area contributed by atoms with Crippen LogP contribution in [0.25, 0.3) is 0 Å². The summed E-state index contributed by atoms with van der Waals surface area (Å²) in [6, 6.07) is 13.7. The fraction of sp³-hybridized carbons (Fsp3) is 0.250. The lowest BCUT2D eigenvalue weighted by Crippen LogP contribution is -2.26. The molecule has 110 valence electrons. The summed E-state index contributed by atoms with van der Waals surface area (Å²) in [7, 11) is -3.30. The van der Waals surface area contributed by atoms with Crippen molar-refractivity contribution in [2.45, 2.75) is 25.2 Å². The van der Waals surface area contributed by atoms with Crippen LogP contribution in [0.2, 0.25) is 13.6 Å². The Labute approximate surface area is 126 Å². The van der Waals surface area contributed by atoms with Crippen LogP contribution in [0.5, 0.6) is 0 Å². The highest BCUT2D eigenvalue weighted by molar-refractivity contribution is 7.89. The highest BCUT2D eigenvalue weighted by Gasteiger charge is 2.15. The van der Waals surface area contributed by atoms with E-state index in [1.807, 2.05) is 31.8 Å². The van der Waals surface area contributed by atoms with Crippen molar-refractivity contribution < 1.29 is 12.8 Å². The molecule has 0 bridgehead atoms. The fourth-order valence-electron chi connectivity index (χ4n) is 2.26. The van der Waals surface area contributed by atoms with Crippen molar-refractivity contribution in [1.82, 2.24) is 0 Å². The predicted molar refractivity (Wildman–Crippen MR) is 86.3 cm³/mol. The first kappa shape index (κ1) is 15.8. The van der Waals surface area contributed by atoms with E-state index in [0.717, 1.165) is 5.56 Å². The Bertz CT molecular complexity index is 712. The van der Waals surface area contributed by atoms with Crippen molar-refractivity contribution in [3.05, 3.63) is 65.5 Å². The van der Waals surface area contributed by atoms with Crippen LogP contribution in [0.4, 0.5) is 4.39 Å². The maximum atomic E-state index is 13.9. The maximum Gasteiger partial charge on any atom is 0.173 e. The molecule has 21 heavy (non-hydrogen) atoms. The van der Waals surface area contributed by atoms with Gasteiger partial charge in [-0.25, -0.2) is 12.8 Å². The molecule has 2 rings (SSSR count). The number of halogens is 1. The zero-order chi connectivity index (χ0) is 15.5. The maximum absolute atomic E-state index is 13.9. The van der Waals surface area contributed by atoms with Crippen molar-refractivity contribution >= 4 is 22.0 Å². The minimum absolute atomic E-state index is 0.0264. The Balaban J connectivity index is 2.15. The molecule has 0 spiro atoms. The summed E-state index contributed by atoms with van der Waals surface area (Å²) in [4.78, 5) is 0. The van der Waals surface area contributed by atoms with Gasteiger partial charge in [-0.1, -0.05) is 56.1 Å². The molecule has 0 saturated carbocycles. The van der Waals surface area contributed by atoms with Gasteiger partial charge in [0.1, 0.15) is 5.82 Å². The quantitative estimate of drug-likeness (QED) is 0.796. The average Bonchev–Trinajstić information content (AvgIpc) is 2.38. The average molecular weight is 304 g/mol. The highest BCUT2D eigenvalue weighted by Crippen LogP contribution is 2.13. The summed E-state index contributed by atoms with van der Waals surface area (Å²) in [5.74, 6) is -0.504. The Morgan fingerprint density at radius 3 is 2.14 bits per heavy atom. The predicted octanol–water partition coefficient (Wildman–Crippen LogP) is 2.90. The molecule has 0 aliphatic rings. The minimum Gasteiger partial charge on any atom is -0.228 e. The molecule has 0 fully saturated rings. The van der Waals surface area contributed by atoms with E-state index in [4.69, 9.17) is 0 Å². The van der Waals surface area contributed by atoms with Gasteiger partial charge in [0.05, 0.1) is 11.5 Å². The van der Waals surface area contributed by atoms with Crippen LogP contribution in [0, 0.1) is 5.82 Å². The second-order valence-electron chi connectivity index (χ2n) is 5.53. The van der Waals surface area contributed by atoms with E-state index in [9.17, 15) is 12.8 Å². The van der Waals surface area contributed by atoms with Gasteiger partial charge in [0, 0.05) is 0 Å². The molecule has 0 saturated heterocycles. The van der Waals surface area contributed by atoms with Crippen molar-refractivity contribution in [2.75, 3.05) is 0 Å². The van der Waals surface area contributed by atoms with Crippen LogP contribution in [-0.2, 0) is 21.3 Å². The molecule has 0 atom stereocenters. The Hall–Kier alpha value is -1.62. The molecular formula is C16H18BFO2S. The summed E-state index contributed by atoms with van der Waals surface area (Å²) in [6.45, 7) is 3.90. The zero-order valence-corrected chi connectivity index (χ0v) is 13.0. The van der Waals surface area contributed by atoms with Gasteiger partial charge in [0.25, 0.3) is 0 Å². The Morgan fingerprint density at radius 2 is 1.57 bits per heavy atom. The minimum atomic E-state index is -3.30. The molecule has 5 heteroatoms. The topological polar surface area (TPSA) is 34.1 Å². The molecule has 0 heterocycles. The number of sulfone groups is 1. The van der Waals surface area contributed by atoms with E-state index in [1.165, 1.54) is 6.07 Å². The van der Waals surface area contributed by atoms with Gasteiger partial charge in [-0.15, -0.1) is 0 Å². The monoisotopic (exact) mass is 304 g/mol. The smallest absolute Gasteiger partial charge is 0.173 e. The van der Waals surface area contributed by atoms with Gasteiger partial charge < -0.3 is 0 Å². The van der Waals surface area contributed by atoms with E-state index < -0.39 is 9.84 Å². The summed E-state index contributed by atoms with van der Waals surface area (Å²) < 4.78 is 38.3. The molecular weight excluding hydrogens is 286 g/mol. The van der Waals surface area contributed by atoms with Crippen LogP contribution in [0.1, 0.15) is 11.1 Å². The van der Waals surface area contributed by atoms with Crippen molar-refractivity contribution in [1.29, 1.82) is 0 Å². The molecule has 0 N–H and O–H groups in total. The second-order valence-corrected chi connectivity index (χ2v) is 7.59. The van der Waals surface area contributed by atoms with Crippen LogP contribution < -0.4 is 5.46 Å². The van der Waals surface area contributed by atoms with E-state index in [-0.39, 0.29) is 24.0 Å². The van der Waals surface area contributed by atoms with Gasteiger partial charge in [0.15, 0.2) is 16.6 Å². The molecule has 0 aromatic heterocycles. The third-order valence-electron chi connectivity index (χ3n) is 3.30. The standard InChI is InChI=1S/C16H18BFO2S/c1-17(2)15-9-8-14(10-16(15)18)12-21(19,20)11-13-6-4-3-5-7-13/h3-10H,11-12H2,1-2H3. The van der Waals surface area contributed by atoms with Gasteiger partial charge >= 0.3 is 0 Å². The van der Waals surface area contributed by atoms with E-state index in [1.54, 1.807) is 24.3 Å². The number of hydrogen-bond acceptors (Lipinski definition) is 2. The molecule has 0 amide bonds. The second kappa shape index (κ2) is 6.44. The van der Waals surface area contributed by atoms with Crippen molar-refractivity contribution in [2.24, 2.45) is 0 Å². The molecule has 2 nitrogen and oxygen atoms in total.